The van der Waals surface area contributed by atoms with Crippen LogP contribution in [0.4, 0.5) is 15.8 Å². The van der Waals surface area contributed by atoms with Crippen LogP contribution in [0.15, 0.2) is 42.7 Å². The summed E-state index contributed by atoms with van der Waals surface area (Å²) in [6.07, 6.45) is 2.83. The van der Waals surface area contributed by atoms with E-state index in [1.54, 1.807) is 13.8 Å². The molecule has 1 aromatic carbocycles. The minimum Gasteiger partial charge on any atom is -0.388 e. The van der Waals surface area contributed by atoms with Crippen LogP contribution in [0.5, 0.6) is 0 Å². The third kappa shape index (κ3) is 6.42. The standard InChI is InChI=1S/C13H22N2O2.C6H4FNO/c1-12(2,16)13(3,4)17-15-11-8-6-10(14-5)7-9-11;7-6-3-8-2-1-5(6)4-9/h6-9,14-16H,1-5H3;1-4H. The predicted molar refractivity (Wildman–Crippen MR) is 101 cm³/mol. The molecular weight excluding hydrogens is 337 g/mol. The van der Waals surface area contributed by atoms with Crippen molar-refractivity contribution in [3.8, 4) is 0 Å². The summed E-state index contributed by atoms with van der Waals surface area (Å²) in [5, 5.41) is 13.0. The second-order valence-corrected chi connectivity index (χ2v) is 6.62. The van der Waals surface area contributed by atoms with Gasteiger partial charge in [0.1, 0.15) is 5.60 Å². The van der Waals surface area contributed by atoms with Gasteiger partial charge in [0, 0.05) is 18.9 Å². The van der Waals surface area contributed by atoms with Crippen LogP contribution in [0.1, 0.15) is 38.1 Å². The van der Waals surface area contributed by atoms with E-state index in [4.69, 9.17) is 4.84 Å². The Balaban J connectivity index is 0.000000314. The maximum atomic E-state index is 12.3. The topological polar surface area (TPSA) is 83.5 Å². The van der Waals surface area contributed by atoms with Gasteiger partial charge in [-0.3, -0.25) is 20.1 Å². The van der Waals surface area contributed by atoms with Gasteiger partial charge in [0.25, 0.3) is 0 Å². The Labute approximate surface area is 153 Å². The molecule has 0 saturated heterocycles. The van der Waals surface area contributed by atoms with E-state index in [0.717, 1.165) is 17.6 Å². The molecule has 0 radical (unpaired) electrons. The molecule has 0 bridgehead atoms. The third-order valence-corrected chi connectivity index (χ3v) is 4.00. The van der Waals surface area contributed by atoms with Crippen LogP contribution in [0.3, 0.4) is 0 Å². The van der Waals surface area contributed by atoms with Gasteiger partial charge in [0.15, 0.2) is 12.1 Å². The van der Waals surface area contributed by atoms with Gasteiger partial charge in [-0.2, -0.15) is 0 Å². The molecule has 2 aromatic rings. The summed E-state index contributed by atoms with van der Waals surface area (Å²) in [5.41, 5.74) is 3.18. The Kier molecular flexibility index (Phi) is 7.67. The highest BCUT2D eigenvalue weighted by Crippen LogP contribution is 2.25. The highest BCUT2D eigenvalue weighted by molar-refractivity contribution is 5.74. The lowest BCUT2D eigenvalue weighted by Crippen LogP contribution is -2.48. The molecule has 0 fully saturated rings. The molecule has 2 rings (SSSR count). The second kappa shape index (κ2) is 9.26. The first-order valence-corrected chi connectivity index (χ1v) is 8.09. The van der Waals surface area contributed by atoms with Gasteiger partial charge in [-0.05, 0) is 58.0 Å². The number of halogens is 1. The zero-order valence-electron chi connectivity index (χ0n) is 15.7. The first kappa shape index (κ1) is 21.5. The lowest BCUT2D eigenvalue weighted by molar-refractivity contribution is -0.130. The van der Waals surface area contributed by atoms with E-state index in [0.29, 0.717) is 6.29 Å². The summed E-state index contributed by atoms with van der Waals surface area (Å²) in [6.45, 7) is 7.11. The number of aldehydes is 1. The molecule has 0 spiro atoms. The van der Waals surface area contributed by atoms with Gasteiger partial charge < -0.3 is 10.4 Å². The number of nitrogens with zero attached hydrogens (tertiary/aromatic N) is 1. The molecule has 0 aliphatic heterocycles. The van der Waals surface area contributed by atoms with Crippen LogP contribution in [0, 0.1) is 5.82 Å². The SMILES string of the molecule is CNc1ccc(NOC(C)(C)C(C)(C)O)cc1.O=Cc1ccncc1F. The molecule has 0 saturated carbocycles. The summed E-state index contributed by atoms with van der Waals surface area (Å²) in [7, 11) is 1.87. The smallest absolute Gasteiger partial charge is 0.153 e. The lowest BCUT2D eigenvalue weighted by atomic mass is 9.90. The van der Waals surface area contributed by atoms with Crippen molar-refractivity contribution in [3.63, 3.8) is 0 Å². The summed E-state index contributed by atoms with van der Waals surface area (Å²) < 4.78 is 12.3. The van der Waals surface area contributed by atoms with Crippen molar-refractivity contribution in [2.24, 2.45) is 0 Å². The number of benzene rings is 1. The summed E-state index contributed by atoms with van der Waals surface area (Å²) >= 11 is 0. The first-order chi connectivity index (χ1) is 12.1. The van der Waals surface area contributed by atoms with Crippen LogP contribution in [-0.4, -0.2) is 34.6 Å². The maximum Gasteiger partial charge on any atom is 0.153 e. The van der Waals surface area contributed by atoms with Gasteiger partial charge in [-0.15, -0.1) is 0 Å². The molecule has 0 aliphatic carbocycles. The van der Waals surface area contributed by atoms with E-state index in [9.17, 15) is 14.3 Å². The zero-order chi connectivity index (χ0) is 19.8. The highest BCUT2D eigenvalue weighted by atomic mass is 19.1. The van der Waals surface area contributed by atoms with Gasteiger partial charge in [-0.1, -0.05) is 0 Å². The van der Waals surface area contributed by atoms with Gasteiger partial charge in [0.05, 0.1) is 23.0 Å². The van der Waals surface area contributed by atoms with Gasteiger partial charge in [-0.25, -0.2) is 4.39 Å². The average molecular weight is 363 g/mol. The van der Waals surface area contributed by atoms with Crippen molar-refractivity contribution >= 4 is 17.7 Å². The van der Waals surface area contributed by atoms with Crippen molar-refractivity contribution in [2.75, 3.05) is 17.8 Å². The minimum absolute atomic E-state index is 0.0463. The van der Waals surface area contributed by atoms with Crippen molar-refractivity contribution in [1.29, 1.82) is 0 Å². The van der Waals surface area contributed by atoms with Crippen LogP contribution < -0.4 is 10.8 Å². The Bertz CT molecular complexity index is 698. The summed E-state index contributed by atoms with van der Waals surface area (Å²) in [4.78, 5) is 19.0. The normalized spacial score (nSPS) is 11.2. The Morgan fingerprint density at radius 2 is 1.69 bits per heavy atom. The van der Waals surface area contributed by atoms with E-state index in [2.05, 4.69) is 15.8 Å². The van der Waals surface area contributed by atoms with E-state index < -0.39 is 17.0 Å². The van der Waals surface area contributed by atoms with E-state index in [1.807, 2.05) is 45.2 Å². The highest BCUT2D eigenvalue weighted by Gasteiger charge is 2.36. The molecule has 3 N–H and O–H groups in total. The van der Waals surface area contributed by atoms with Crippen LogP contribution in [-0.2, 0) is 4.84 Å². The van der Waals surface area contributed by atoms with Crippen molar-refractivity contribution < 1.29 is 19.1 Å². The molecule has 0 amide bonds. The molecule has 0 aliphatic rings. The number of rotatable bonds is 6. The summed E-state index contributed by atoms with van der Waals surface area (Å²) in [6, 6.07) is 9.03. The molecular formula is C19H26FN3O3. The monoisotopic (exact) mass is 363 g/mol. The van der Waals surface area contributed by atoms with Crippen LogP contribution >= 0.6 is 0 Å². The minimum atomic E-state index is -0.926. The Morgan fingerprint density at radius 1 is 1.12 bits per heavy atom. The number of anilines is 2. The third-order valence-electron chi connectivity index (χ3n) is 4.00. The number of pyridine rings is 1. The molecule has 6 nitrogen and oxygen atoms in total. The maximum absolute atomic E-state index is 12.3. The quantitative estimate of drug-likeness (QED) is 0.537. The van der Waals surface area contributed by atoms with E-state index in [1.165, 1.54) is 12.3 Å². The molecule has 7 heteroatoms. The largest absolute Gasteiger partial charge is 0.388 e. The van der Waals surface area contributed by atoms with Crippen LogP contribution in [0.2, 0.25) is 0 Å². The van der Waals surface area contributed by atoms with E-state index >= 15 is 0 Å². The van der Waals surface area contributed by atoms with Crippen molar-refractivity contribution in [2.45, 2.75) is 38.9 Å². The number of nitrogens with one attached hydrogen (secondary N) is 2. The van der Waals surface area contributed by atoms with Crippen LogP contribution in [0.25, 0.3) is 0 Å². The molecule has 142 valence electrons. The molecule has 26 heavy (non-hydrogen) atoms. The molecule has 0 atom stereocenters. The van der Waals surface area contributed by atoms with E-state index in [-0.39, 0.29) is 5.56 Å². The summed E-state index contributed by atoms with van der Waals surface area (Å²) in [5.74, 6) is -0.576. The fourth-order valence-electron chi connectivity index (χ4n) is 1.50. The van der Waals surface area contributed by atoms with Crippen molar-refractivity contribution in [1.82, 2.24) is 4.98 Å². The number of hydrogen-bond donors (Lipinski definition) is 3. The number of carbonyl (C=O) groups excluding carboxylic acids is 1. The molecule has 1 heterocycles. The first-order valence-electron chi connectivity index (χ1n) is 8.09. The number of aliphatic hydroxyl groups is 1. The van der Waals surface area contributed by atoms with Crippen molar-refractivity contribution in [3.05, 3.63) is 54.1 Å². The predicted octanol–water partition coefficient (Wildman–Crippen LogP) is 3.65. The van der Waals surface area contributed by atoms with Gasteiger partial charge >= 0.3 is 0 Å². The Hall–Kier alpha value is -2.51. The average Bonchev–Trinajstić information content (AvgIpc) is 2.60. The van der Waals surface area contributed by atoms with Gasteiger partial charge in [0.2, 0.25) is 0 Å². The second-order valence-electron chi connectivity index (χ2n) is 6.62. The zero-order valence-corrected chi connectivity index (χ0v) is 15.7. The molecule has 1 aromatic heterocycles. The number of carbonyl (C=O) groups is 1. The molecule has 0 unspecified atom stereocenters. The number of aromatic nitrogens is 1. The fourth-order valence-corrected chi connectivity index (χ4v) is 1.50. The lowest BCUT2D eigenvalue weighted by Gasteiger charge is -2.36. The fraction of sp³-hybridized carbons (Fsp3) is 0.368. The Morgan fingerprint density at radius 3 is 2.12 bits per heavy atom. The number of hydrogen-bond acceptors (Lipinski definition) is 6.